The van der Waals surface area contributed by atoms with Crippen molar-refractivity contribution in [2.24, 2.45) is 0 Å². The summed E-state index contributed by atoms with van der Waals surface area (Å²) in [5.74, 6) is -0.632. The van der Waals surface area contributed by atoms with Crippen molar-refractivity contribution in [2.75, 3.05) is 12.0 Å². The number of thioether (sulfide) groups is 1. The van der Waals surface area contributed by atoms with Gasteiger partial charge in [0, 0.05) is 8.95 Å². The molecule has 0 amide bonds. The van der Waals surface area contributed by atoms with E-state index >= 15 is 0 Å². The first kappa shape index (κ1) is 18.0. The topological polar surface area (TPSA) is 83.5 Å². The van der Waals surface area contributed by atoms with Crippen LogP contribution in [0.5, 0.6) is 0 Å². The number of hydrogen-bond acceptors (Lipinski definition) is 4. The lowest BCUT2D eigenvalue weighted by atomic mass is 10.2. The minimum absolute atomic E-state index is 0.00211. The van der Waals surface area contributed by atoms with Crippen LogP contribution in [-0.2, 0) is 14.8 Å². The summed E-state index contributed by atoms with van der Waals surface area (Å²) >= 11 is 7.81. The smallest absolute Gasteiger partial charge is 0.321 e. The standard InChI is InChI=1S/C11H13Br2NO4S2/c1-19-5-4-9(11(15)16)14-20(17,18)10-6-7(12)2-3-8(10)13/h2-3,6,9,14H,4-5H2,1H3,(H,15,16)/t9-/m1/s1. The van der Waals surface area contributed by atoms with Crippen LogP contribution in [0.1, 0.15) is 6.42 Å². The fourth-order valence-electron chi connectivity index (χ4n) is 1.40. The van der Waals surface area contributed by atoms with Crippen LogP contribution in [0.25, 0.3) is 0 Å². The van der Waals surface area contributed by atoms with E-state index in [4.69, 9.17) is 5.11 Å². The molecule has 0 heterocycles. The van der Waals surface area contributed by atoms with Crippen molar-refractivity contribution in [3.63, 3.8) is 0 Å². The summed E-state index contributed by atoms with van der Waals surface area (Å²) < 4.78 is 27.7. The number of rotatable bonds is 7. The van der Waals surface area contributed by atoms with Crippen molar-refractivity contribution in [3.8, 4) is 0 Å². The van der Waals surface area contributed by atoms with E-state index in [0.29, 0.717) is 14.7 Å². The Labute approximate surface area is 138 Å². The van der Waals surface area contributed by atoms with Gasteiger partial charge in [0.05, 0.1) is 4.90 Å². The molecule has 0 radical (unpaired) electrons. The molecule has 0 aliphatic carbocycles. The molecule has 112 valence electrons. The van der Waals surface area contributed by atoms with Crippen molar-refractivity contribution in [3.05, 3.63) is 27.1 Å². The van der Waals surface area contributed by atoms with E-state index in [1.165, 1.54) is 17.8 Å². The molecule has 0 aliphatic rings. The number of carbonyl (C=O) groups is 1. The Morgan fingerprint density at radius 1 is 1.45 bits per heavy atom. The number of nitrogens with one attached hydrogen (secondary N) is 1. The first-order valence-corrected chi connectivity index (χ1v) is 9.93. The summed E-state index contributed by atoms with van der Waals surface area (Å²) in [6.45, 7) is 0. The van der Waals surface area contributed by atoms with Crippen molar-refractivity contribution >= 4 is 59.6 Å². The molecule has 1 rings (SSSR count). The van der Waals surface area contributed by atoms with Gasteiger partial charge in [0.15, 0.2) is 0 Å². The molecule has 0 bridgehead atoms. The zero-order valence-electron chi connectivity index (χ0n) is 10.5. The summed E-state index contributed by atoms with van der Waals surface area (Å²) in [6.07, 6.45) is 2.06. The molecule has 0 unspecified atom stereocenters. The Balaban J connectivity index is 3.03. The second-order valence-corrected chi connectivity index (χ2v) is 8.31. The minimum Gasteiger partial charge on any atom is -0.480 e. The van der Waals surface area contributed by atoms with Gasteiger partial charge < -0.3 is 5.11 Å². The molecule has 5 nitrogen and oxygen atoms in total. The molecule has 0 aliphatic heterocycles. The number of hydrogen-bond donors (Lipinski definition) is 2. The normalized spacial score (nSPS) is 13.2. The molecular formula is C11H13Br2NO4S2. The van der Waals surface area contributed by atoms with Crippen LogP contribution in [-0.4, -0.2) is 37.5 Å². The highest BCUT2D eigenvalue weighted by atomic mass is 79.9. The predicted octanol–water partition coefficient (Wildman–Crippen LogP) is 2.70. The average Bonchev–Trinajstić information content (AvgIpc) is 2.36. The van der Waals surface area contributed by atoms with Gasteiger partial charge in [0.25, 0.3) is 0 Å². The zero-order valence-corrected chi connectivity index (χ0v) is 15.3. The highest BCUT2D eigenvalue weighted by molar-refractivity contribution is 9.11. The van der Waals surface area contributed by atoms with Crippen LogP contribution in [0.15, 0.2) is 32.0 Å². The molecule has 1 aromatic rings. The van der Waals surface area contributed by atoms with E-state index < -0.39 is 22.0 Å². The molecule has 0 spiro atoms. The molecular weight excluding hydrogens is 434 g/mol. The Hall–Kier alpha value is -0.0900. The van der Waals surface area contributed by atoms with Crippen LogP contribution in [0.3, 0.4) is 0 Å². The predicted molar refractivity (Wildman–Crippen MR) is 86.6 cm³/mol. The maximum absolute atomic E-state index is 12.3. The third kappa shape index (κ3) is 5.03. The lowest BCUT2D eigenvalue weighted by Crippen LogP contribution is -2.41. The van der Waals surface area contributed by atoms with Gasteiger partial charge in [-0.25, -0.2) is 8.42 Å². The fourth-order valence-corrected chi connectivity index (χ4v) is 4.60. The van der Waals surface area contributed by atoms with Crippen LogP contribution in [0.2, 0.25) is 0 Å². The Morgan fingerprint density at radius 2 is 2.10 bits per heavy atom. The van der Waals surface area contributed by atoms with Gasteiger partial charge in [0.1, 0.15) is 6.04 Å². The molecule has 20 heavy (non-hydrogen) atoms. The van der Waals surface area contributed by atoms with E-state index in [1.807, 2.05) is 6.26 Å². The lowest BCUT2D eigenvalue weighted by molar-refractivity contribution is -0.139. The summed E-state index contributed by atoms with van der Waals surface area (Å²) in [4.78, 5) is 11.1. The fraction of sp³-hybridized carbons (Fsp3) is 0.364. The maximum Gasteiger partial charge on any atom is 0.321 e. The van der Waals surface area contributed by atoms with Crippen LogP contribution in [0.4, 0.5) is 0 Å². The van der Waals surface area contributed by atoms with Crippen molar-refractivity contribution in [2.45, 2.75) is 17.4 Å². The Kier molecular flexibility index (Phi) is 6.99. The average molecular weight is 447 g/mol. The molecule has 0 aromatic heterocycles. The number of sulfonamides is 1. The minimum atomic E-state index is -3.91. The maximum atomic E-state index is 12.3. The highest BCUT2D eigenvalue weighted by Gasteiger charge is 2.26. The molecule has 1 aromatic carbocycles. The van der Waals surface area contributed by atoms with E-state index in [1.54, 1.807) is 12.1 Å². The number of aliphatic carboxylic acids is 1. The first-order chi connectivity index (χ1) is 9.27. The van der Waals surface area contributed by atoms with E-state index in [0.717, 1.165) is 0 Å². The van der Waals surface area contributed by atoms with Crippen molar-refractivity contribution in [1.82, 2.24) is 4.72 Å². The molecule has 2 N–H and O–H groups in total. The molecule has 0 fully saturated rings. The van der Waals surface area contributed by atoms with Gasteiger partial charge in [-0.15, -0.1) is 0 Å². The van der Waals surface area contributed by atoms with E-state index in [2.05, 4.69) is 36.6 Å². The molecule has 0 saturated heterocycles. The van der Waals surface area contributed by atoms with Gasteiger partial charge in [-0.1, -0.05) is 15.9 Å². The SMILES string of the molecule is CSCC[C@@H](NS(=O)(=O)c1cc(Br)ccc1Br)C(=O)O. The molecule has 0 saturated carbocycles. The highest BCUT2D eigenvalue weighted by Crippen LogP contribution is 2.25. The zero-order chi connectivity index (χ0) is 15.3. The van der Waals surface area contributed by atoms with Crippen LogP contribution >= 0.6 is 43.6 Å². The lowest BCUT2D eigenvalue weighted by Gasteiger charge is -2.15. The van der Waals surface area contributed by atoms with Gasteiger partial charge in [-0.3, -0.25) is 4.79 Å². The second kappa shape index (κ2) is 7.79. The molecule has 1 atom stereocenters. The second-order valence-electron chi connectivity index (χ2n) is 3.87. The molecule has 9 heteroatoms. The summed E-state index contributed by atoms with van der Waals surface area (Å²) in [7, 11) is -3.91. The third-order valence-corrected chi connectivity index (χ3v) is 5.99. The third-order valence-electron chi connectivity index (χ3n) is 2.39. The van der Waals surface area contributed by atoms with Crippen molar-refractivity contribution in [1.29, 1.82) is 0 Å². The number of carboxylic acids is 1. The van der Waals surface area contributed by atoms with Gasteiger partial charge >= 0.3 is 5.97 Å². The van der Waals surface area contributed by atoms with E-state index in [9.17, 15) is 13.2 Å². The quantitative estimate of drug-likeness (QED) is 0.672. The summed E-state index contributed by atoms with van der Waals surface area (Å²) in [6, 6.07) is 3.54. The van der Waals surface area contributed by atoms with Gasteiger partial charge in [-0.2, -0.15) is 16.5 Å². The van der Waals surface area contributed by atoms with Crippen molar-refractivity contribution < 1.29 is 18.3 Å². The van der Waals surface area contributed by atoms with Gasteiger partial charge in [0.2, 0.25) is 10.0 Å². The number of halogens is 2. The van der Waals surface area contributed by atoms with E-state index in [-0.39, 0.29) is 11.3 Å². The largest absolute Gasteiger partial charge is 0.480 e. The number of carboxylic acid groups (broad SMARTS) is 1. The Bertz CT molecular complexity index is 592. The summed E-state index contributed by atoms with van der Waals surface area (Å²) in [5, 5.41) is 9.08. The summed E-state index contributed by atoms with van der Waals surface area (Å²) in [5.41, 5.74) is 0. The Morgan fingerprint density at radius 3 is 2.65 bits per heavy atom. The van der Waals surface area contributed by atoms with Gasteiger partial charge in [-0.05, 0) is 52.6 Å². The van der Waals surface area contributed by atoms with Crippen LogP contribution in [0, 0.1) is 0 Å². The monoisotopic (exact) mass is 445 g/mol. The number of benzene rings is 1. The van der Waals surface area contributed by atoms with Crippen LogP contribution < -0.4 is 4.72 Å². The first-order valence-electron chi connectivity index (χ1n) is 5.47.